The first-order chi connectivity index (χ1) is 11.1. The second kappa shape index (κ2) is 6.81. The molecular formula is C18H17BrFNO2. The molecule has 0 bridgehead atoms. The van der Waals surface area contributed by atoms with Gasteiger partial charge >= 0.3 is 5.97 Å². The molecule has 0 spiro atoms. The Bertz CT molecular complexity index is 707. The van der Waals surface area contributed by atoms with Crippen LogP contribution in [0.1, 0.15) is 29.5 Å². The van der Waals surface area contributed by atoms with Crippen LogP contribution in [0.15, 0.2) is 53.0 Å². The van der Waals surface area contributed by atoms with E-state index in [-0.39, 0.29) is 23.7 Å². The SMILES string of the molecule is COC(=O)[C@H]1C[C@H](c2cc(F)ccc2Br)[C@@H](c2ccccc2)N1. The Morgan fingerprint density at radius 2 is 2.00 bits per heavy atom. The highest BCUT2D eigenvalue weighted by molar-refractivity contribution is 9.10. The van der Waals surface area contributed by atoms with Crippen LogP contribution in [0.4, 0.5) is 4.39 Å². The van der Waals surface area contributed by atoms with Gasteiger partial charge in [-0.2, -0.15) is 0 Å². The maximum Gasteiger partial charge on any atom is 0.322 e. The molecule has 0 saturated carbocycles. The number of halogens is 2. The van der Waals surface area contributed by atoms with Gasteiger partial charge in [0.25, 0.3) is 0 Å². The van der Waals surface area contributed by atoms with E-state index < -0.39 is 6.04 Å². The van der Waals surface area contributed by atoms with Crippen LogP contribution in [0.5, 0.6) is 0 Å². The van der Waals surface area contributed by atoms with Crippen molar-refractivity contribution in [3.8, 4) is 0 Å². The number of ether oxygens (including phenoxy) is 1. The monoisotopic (exact) mass is 377 g/mol. The summed E-state index contributed by atoms with van der Waals surface area (Å²) in [5.41, 5.74) is 1.93. The van der Waals surface area contributed by atoms with E-state index in [0.29, 0.717) is 6.42 Å². The van der Waals surface area contributed by atoms with Gasteiger partial charge in [0.1, 0.15) is 11.9 Å². The molecule has 0 aromatic heterocycles. The first-order valence-electron chi connectivity index (χ1n) is 7.44. The Kier molecular flexibility index (Phi) is 4.78. The Morgan fingerprint density at radius 3 is 2.70 bits per heavy atom. The van der Waals surface area contributed by atoms with Crippen molar-refractivity contribution in [3.05, 3.63) is 69.9 Å². The zero-order valence-corrected chi connectivity index (χ0v) is 14.2. The van der Waals surface area contributed by atoms with Crippen LogP contribution in [0.2, 0.25) is 0 Å². The molecule has 3 rings (SSSR count). The van der Waals surface area contributed by atoms with Crippen LogP contribution < -0.4 is 5.32 Å². The molecule has 23 heavy (non-hydrogen) atoms. The summed E-state index contributed by atoms with van der Waals surface area (Å²) in [6.07, 6.45) is 0.564. The van der Waals surface area contributed by atoms with E-state index in [1.54, 1.807) is 6.07 Å². The first kappa shape index (κ1) is 16.1. The molecular weight excluding hydrogens is 361 g/mol. The number of carbonyl (C=O) groups is 1. The van der Waals surface area contributed by atoms with E-state index in [1.807, 2.05) is 30.3 Å². The van der Waals surface area contributed by atoms with Gasteiger partial charge in [-0.3, -0.25) is 10.1 Å². The van der Waals surface area contributed by atoms with Gasteiger partial charge < -0.3 is 4.74 Å². The Morgan fingerprint density at radius 1 is 1.26 bits per heavy atom. The van der Waals surface area contributed by atoms with Gasteiger partial charge in [-0.05, 0) is 35.7 Å². The molecule has 0 unspecified atom stereocenters. The predicted molar refractivity (Wildman–Crippen MR) is 89.6 cm³/mol. The summed E-state index contributed by atoms with van der Waals surface area (Å²) in [7, 11) is 1.38. The van der Waals surface area contributed by atoms with Crippen molar-refractivity contribution in [2.75, 3.05) is 7.11 Å². The third-order valence-corrected chi connectivity index (χ3v) is 5.00. The standard InChI is InChI=1S/C18H17BrFNO2/c1-23-18(22)16-10-14(13-9-12(20)7-8-15(13)19)17(21-16)11-5-3-2-4-6-11/h2-9,14,16-17,21H,10H2,1H3/t14-,16-,17-/m1/s1. The summed E-state index contributed by atoms with van der Waals surface area (Å²) in [4.78, 5) is 11.9. The fourth-order valence-corrected chi connectivity index (χ4v) is 3.73. The van der Waals surface area contributed by atoms with Crippen LogP contribution in [-0.2, 0) is 9.53 Å². The fraction of sp³-hybridized carbons (Fsp3) is 0.278. The van der Waals surface area contributed by atoms with Crippen molar-refractivity contribution < 1.29 is 13.9 Å². The van der Waals surface area contributed by atoms with E-state index >= 15 is 0 Å². The normalized spacial score (nSPS) is 23.7. The molecule has 120 valence electrons. The van der Waals surface area contributed by atoms with E-state index in [2.05, 4.69) is 21.2 Å². The molecule has 1 fully saturated rings. The molecule has 1 saturated heterocycles. The maximum atomic E-state index is 13.7. The molecule has 2 aromatic rings. The number of nitrogens with one attached hydrogen (secondary N) is 1. The quantitative estimate of drug-likeness (QED) is 0.823. The summed E-state index contributed by atoms with van der Waals surface area (Å²) in [5.74, 6) is -0.593. The fourth-order valence-electron chi connectivity index (χ4n) is 3.19. The topological polar surface area (TPSA) is 38.3 Å². The Hall–Kier alpha value is -1.72. The average Bonchev–Trinajstić information content (AvgIpc) is 3.02. The lowest BCUT2D eigenvalue weighted by molar-refractivity contribution is -0.142. The second-order valence-corrected chi connectivity index (χ2v) is 6.49. The number of rotatable bonds is 3. The zero-order chi connectivity index (χ0) is 16.4. The minimum absolute atomic E-state index is 0.0217. The van der Waals surface area contributed by atoms with E-state index in [0.717, 1.165) is 15.6 Å². The third kappa shape index (κ3) is 3.31. The van der Waals surface area contributed by atoms with Crippen molar-refractivity contribution in [2.24, 2.45) is 0 Å². The van der Waals surface area contributed by atoms with Crippen LogP contribution in [0.25, 0.3) is 0 Å². The second-order valence-electron chi connectivity index (χ2n) is 5.64. The van der Waals surface area contributed by atoms with Gasteiger partial charge in [-0.15, -0.1) is 0 Å². The van der Waals surface area contributed by atoms with Crippen LogP contribution in [0, 0.1) is 5.82 Å². The number of methoxy groups -OCH3 is 1. The highest BCUT2D eigenvalue weighted by Gasteiger charge is 2.40. The van der Waals surface area contributed by atoms with Crippen LogP contribution >= 0.6 is 15.9 Å². The summed E-state index contributed by atoms with van der Waals surface area (Å²) in [6.45, 7) is 0. The average molecular weight is 378 g/mol. The molecule has 0 amide bonds. The lowest BCUT2D eigenvalue weighted by Gasteiger charge is -2.21. The molecule has 3 nitrogen and oxygen atoms in total. The zero-order valence-electron chi connectivity index (χ0n) is 12.6. The third-order valence-electron chi connectivity index (χ3n) is 4.27. The number of esters is 1. The molecule has 1 aliphatic rings. The molecule has 2 aromatic carbocycles. The van der Waals surface area contributed by atoms with E-state index in [4.69, 9.17) is 4.74 Å². The largest absolute Gasteiger partial charge is 0.468 e. The van der Waals surface area contributed by atoms with Crippen LogP contribution in [0.3, 0.4) is 0 Å². The lowest BCUT2D eigenvalue weighted by Crippen LogP contribution is -2.33. The molecule has 0 aliphatic carbocycles. The summed E-state index contributed by atoms with van der Waals surface area (Å²) >= 11 is 3.50. The number of hydrogen-bond donors (Lipinski definition) is 1. The van der Waals surface area contributed by atoms with Crippen molar-refractivity contribution in [1.82, 2.24) is 5.32 Å². The molecule has 0 radical (unpaired) electrons. The Balaban J connectivity index is 2.00. The summed E-state index contributed by atoms with van der Waals surface area (Å²) in [5, 5.41) is 3.34. The van der Waals surface area contributed by atoms with E-state index in [9.17, 15) is 9.18 Å². The Labute approximate surface area is 143 Å². The maximum absolute atomic E-state index is 13.7. The number of carbonyl (C=O) groups excluding carboxylic acids is 1. The van der Waals surface area contributed by atoms with E-state index in [1.165, 1.54) is 19.2 Å². The van der Waals surface area contributed by atoms with Crippen molar-refractivity contribution in [1.29, 1.82) is 0 Å². The van der Waals surface area contributed by atoms with Gasteiger partial charge in [0, 0.05) is 16.4 Å². The van der Waals surface area contributed by atoms with Crippen molar-refractivity contribution in [3.63, 3.8) is 0 Å². The van der Waals surface area contributed by atoms with Crippen LogP contribution in [-0.4, -0.2) is 19.1 Å². The first-order valence-corrected chi connectivity index (χ1v) is 8.23. The van der Waals surface area contributed by atoms with Gasteiger partial charge in [-0.25, -0.2) is 4.39 Å². The smallest absolute Gasteiger partial charge is 0.322 e. The molecule has 1 heterocycles. The van der Waals surface area contributed by atoms with Gasteiger partial charge in [0.05, 0.1) is 7.11 Å². The predicted octanol–water partition coefficient (Wildman–Crippen LogP) is 3.95. The highest BCUT2D eigenvalue weighted by Crippen LogP contribution is 2.43. The summed E-state index contributed by atoms with van der Waals surface area (Å²) in [6, 6.07) is 14.1. The minimum atomic E-state index is -0.398. The molecule has 1 aliphatic heterocycles. The van der Waals surface area contributed by atoms with Crippen molar-refractivity contribution in [2.45, 2.75) is 24.4 Å². The lowest BCUT2D eigenvalue weighted by atomic mass is 9.87. The molecule has 3 atom stereocenters. The number of benzene rings is 2. The minimum Gasteiger partial charge on any atom is -0.468 e. The van der Waals surface area contributed by atoms with Crippen molar-refractivity contribution >= 4 is 21.9 Å². The van der Waals surface area contributed by atoms with Gasteiger partial charge in [0.15, 0.2) is 0 Å². The molecule has 1 N–H and O–H groups in total. The summed E-state index contributed by atoms with van der Waals surface area (Å²) < 4.78 is 19.4. The molecule has 5 heteroatoms. The van der Waals surface area contributed by atoms with Gasteiger partial charge in [-0.1, -0.05) is 46.3 Å². The van der Waals surface area contributed by atoms with Gasteiger partial charge in [0.2, 0.25) is 0 Å². The number of hydrogen-bond acceptors (Lipinski definition) is 3. The highest BCUT2D eigenvalue weighted by atomic mass is 79.9.